The maximum Gasteiger partial charge on any atom is 0.347 e. The average Bonchev–Trinajstić information content (AvgIpc) is 3.00. The largest absolute Gasteiger partial charge is 0.427 e. The van der Waals surface area contributed by atoms with Gasteiger partial charge < -0.3 is 9.15 Å². The fraction of sp³-hybridized carbons (Fsp3) is 0.150. The van der Waals surface area contributed by atoms with Crippen molar-refractivity contribution in [3.63, 3.8) is 0 Å². The Morgan fingerprint density at radius 3 is 2.54 bits per heavy atom. The van der Waals surface area contributed by atoms with Crippen LogP contribution in [-0.2, 0) is 14.4 Å². The number of ether oxygens (including phenoxy) is 1. The van der Waals surface area contributed by atoms with Crippen LogP contribution in [0.1, 0.15) is 19.8 Å². The second-order valence-electron chi connectivity index (χ2n) is 6.25. The maximum atomic E-state index is 12.4. The van der Waals surface area contributed by atoms with E-state index in [1.165, 1.54) is 19.1 Å². The third kappa shape index (κ3) is 3.16. The molecule has 1 aliphatic rings. The molecule has 8 heteroatoms. The molecule has 2 aromatic carbocycles. The Balaban J connectivity index is 1.76. The highest BCUT2D eigenvalue weighted by Gasteiger charge is 2.30. The molecule has 1 saturated heterocycles. The number of nitrogens with zero attached hydrogens (tertiary/aromatic N) is 2. The lowest BCUT2D eigenvalue weighted by Crippen LogP contribution is -2.28. The molecule has 0 N–H and O–H groups in total. The van der Waals surface area contributed by atoms with E-state index in [1.807, 2.05) is 0 Å². The number of hydrogen-bond acceptors (Lipinski definition) is 7. The summed E-state index contributed by atoms with van der Waals surface area (Å²) in [4.78, 5) is 52.8. The minimum absolute atomic E-state index is 0.0543. The maximum absolute atomic E-state index is 12.4. The van der Waals surface area contributed by atoms with E-state index < -0.39 is 11.6 Å². The number of amides is 2. The standard InChI is InChI=1S/C20H14N2O6/c1-11(23)27-14-5-6-16-15(10-14)20(26)28-19(21-16)12-3-2-4-13(9-12)22-17(24)7-8-18(22)25/h2-6,9-10H,7-8H2,1H3. The van der Waals surface area contributed by atoms with Crippen LogP contribution in [0.3, 0.4) is 0 Å². The number of carbonyl (C=O) groups is 3. The first-order valence-electron chi connectivity index (χ1n) is 8.52. The van der Waals surface area contributed by atoms with E-state index in [4.69, 9.17) is 9.15 Å². The van der Waals surface area contributed by atoms with Crippen molar-refractivity contribution in [1.29, 1.82) is 0 Å². The molecule has 0 atom stereocenters. The number of carbonyl (C=O) groups excluding carboxylic acids is 3. The summed E-state index contributed by atoms with van der Waals surface area (Å²) in [6.45, 7) is 1.26. The quantitative estimate of drug-likeness (QED) is 0.391. The van der Waals surface area contributed by atoms with Crippen LogP contribution in [0, 0.1) is 0 Å². The molecular weight excluding hydrogens is 364 g/mol. The molecule has 0 bridgehead atoms. The van der Waals surface area contributed by atoms with Crippen molar-refractivity contribution < 1.29 is 23.5 Å². The van der Waals surface area contributed by atoms with Gasteiger partial charge in [-0.1, -0.05) is 6.07 Å². The fourth-order valence-electron chi connectivity index (χ4n) is 3.05. The van der Waals surface area contributed by atoms with Gasteiger partial charge in [0.15, 0.2) is 0 Å². The van der Waals surface area contributed by atoms with E-state index in [0.29, 0.717) is 16.8 Å². The number of fused-ring (bicyclic) bond motifs is 1. The molecule has 2 amide bonds. The average molecular weight is 378 g/mol. The Bertz CT molecular complexity index is 1180. The fourth-order valence-corrected chi connectivity index (χ4v) is 3.05. The Hall–Kier alpha value is -3.81. The molecule has 0 spiro atoms. The van der Waals surface area contributed by atoms with E-state index >= 15 is 0 Å². The zero-order chi connectivity index (χ0) is 19.8. The van der Waals surface area contributed by atoms with Crippen molar-refractivity contribution in [2.45, 2.75) is 19.8 Å². The van der Waals surface area contributed by atoms with E-state index in [2.05, 4.69) is 4.98 Å². The summed E-state index contributed by atoms with van der Waals surface area (Å²) in [6.07, 6.45) is 0.355. The Kier molecular flexibility index (Phi) is 4.23. The third-order valence-electron chi connectivity index (χ3n) is 4.26. The summed E-state index contributed by atoms with van der Waals surface area (Å²) in [5.41, 5.74) is 0.571. The molecule has 0 unspecified atom stereocenters. The molecule has 3 aromatic rings. The molecule has 1 fully saturated rings. The Morgan fingerprint density at radius 2 is 1.82 bits per heavy atom. The van der Waals surface area contributed by atoms with E-state index in [1.54, 1.807) is 30.3 Å². The molecule has 8 nitrogen and oxygen atoms in total. The molecule has 1 aromatic heterocycles. The minimum Gasteiger partial charge on any atom is -0.427 e. The van der Waals surface area contributed by atoms with Crippen molar-refractivity contribution in [2.24, 2.45) is 0 Å². The van der Waals surface area contributed by atoms with Gasteiger partial charge in [-0.15, -0.1) is 0 Å². The number of hydrogen-bond donors (Lipinski definition) is 0. The lowest BCUT2D eigenvalue weighted by atomic mass is 10.1. The summed E-state index contributed by atoms with van der Waals surface area (Å²) >= 11 is 0. The van der Waals surface area contributed by atoms with Gasteiger partial charge in [-0.2, -0.15) is 0 Å². The lowest BCUT2D eigenvalue weighted by molar-refractivity contribution is -0.132. The molecular formula is C20H14N2O6. The van der Waals surface area contributed by atoms with E-state index in [-0.39, 0.29) is 41.7 Å². The molecule has 0 saturated carbocycles. The first kappa shape index (κ1) is 17.6. The number of benzene rings is 2. The smallest absolute Gasteiger partial charge is 0.347 e. The van der Waals surface area contributed by atoms with Crippen LogP contribution in [0.5, 0.6) is 5.75 Å². The molecule has 0 radical (unpaired) electrons. The van der Waals surface area contributed by atoms with Crippen LogP contribution in [0.2, 0.25) is 0 Å². The van der Waals surface area contributed by atoms with Crippen molar-refractivity contribution in [3.8, 4) is 17.2 Å². The van der Waals surface area contributed by atoms with Gasteiger partial charge in [0.05, 0.1) is 16.6 Å². The first-order chi connectivity index (χ1) is 13.4. The molecule has 1 aliphatic heterocycles. The van der Waals surface area contributed by atoms with Crippen molar-refractivity contribution >= 4 is 34.4 Å². The van der Waals surface area contributed by atoms with E-state index in [0.717, 1.165) is 4.90 Å². The van der Waals surface area contributed by atoms with Gasteiger partial charge in [0.25, 0.3) is 0 Å². The van der Waals surface area contributed by atoms with Crippen LogP contribution in [0.15, 0.2) is 51.7 Å². The van der Waals surface area contributed by atoms with Gasteiger partial charge in [0.1, 0.15) is 5.75 Å². The normalized spacial score (nSPS) is 14.0. The highest BCUT2D eigenvalue weighted by Crippen LogP contribution is 2.28. The van der Waals surface area contributed by atoms with Crippen molar-refractivity contribution in [3.05, 3.63) is 52.9 Å². The highest BCUT2D eigenvalue weighted by molar-refractivity contribution is 6.19. The van der Waals surface area contributed by atoms with Gasteiger partial charge in [-0.25, -0.2) is 9.78 Å². The number of anilines is 1. The van der Waals surface area contributed by atoms with Crippen LogP contribution >= 0.6 is 0 Å². The van der Waals surface area contributed by atoms with Crippen molar-refractivity contribution in [1.82, 2.24) is 4.98 Å². The highest BCUT2D eigenvalue weighted by atomic mass is 16.5. The molecule has 4 rings (SSSR count). The van der Waals surface area contributed by atoms with Gasteiger partial charge in [-0.3, -0.25) is 19.3 Å². The van der Waals surface area contributed by atoms with Crippen LogP contribution < -0.4 is 15.3 Å². The number of aromatic nitrogens is 1. The number of imide groups is 1. The zero-order valence-corrected chi connectivity index (χ0v) is 14.8. The van der Waals surface area contributed by atoms with Gasteiger partial charge in [0.2, 0.25) is 17.7 Å². The van der Waals surface area contributed by atoms with Crippen LogP contribution in [-0.4, -0.2) is 22.8 Å². The summed E-state index contributed by atoms with van der Waals surface area (Å²) in [6, 6.07) is 11.0. The monoisotopic (exact) mass is 378 g/mol. The van der Waals surface area contributed by atoms with Crippen molar-refractivity contribution in [2.75, 3.05) is 4.90 Å². The van der Waals surface area contributed by atoms with Gasteiger partial charge >= 0.3 is 11.6 Å². The summed E-state index contributed by atoms with van der Waals surface area (Å²) in [5, 5.41) is 0.170. The topological polar surface area (TPSA) is 107 Å². The lowest BCUT2D eigenvalue weighted by Gasteiger charge is -2.14. The summed E-state index contributed by atoms with van der Waals surface area (Å²) in [7, 11) is 0. The minimum atomic E-state index is -0.646. The molecule has 140 valence electrons. The summed E-state index contributed by atoms with van der Waals surface area (Å²) < 4.78 is 10.3. The van der Waals surface area contributed by atoms with Gasteiger partial charge in [0, 0.05) is 25.3 Å². The predicted octanol–water partition coefficient (Wildman–Crippen LogP) is 2.43. The number of rotatable bonds is 3. The van der Waals surface area contributed by atoms with E-state index in [9.17, 15) is 19.2 Å². The van der Waals surface area contributed by atoms with Gasteiger partial charge in [-0.05, 0) is 36.4 Å². The second kappa shape index (κ2) is 6.73. The first-order valence-corrected chi connectivity index (χ1v) is 8.52. The molecule has 28 heavy (non-hydrogen) atoms. The summed E-state index contributed by atoms with van der Waals surface area (Å²) in [5.74, 6) is -0.772. The Labute approximate surface area is 158 Å². The SMILES string of the molecule is CC(=O)Oc1ccc2nc(-c3cccc(N4C(=O)CCC4=O)c3)oc(=O)c2c1. The predicted molar refractivity (Wildman–Crippen MR) is 98.8 cm³/mol. The molecule has 2 heterocycles. The van der Waals surface area contributed by atoms with Crippen LogP contribution in [0.25, 0.3) is 22.4 Å². The molecule has 0 aliphatic carbocycles. The second-order valence-corrected chi connectivity index (χ2v) is 6.25. The zero-order valence-electron chi connectivity index (χ0n) is 14.8. The number of esters is 1. The Morgan fingerprint density at radius 1 is 1.07 bits per heavy atom. The third-order valence-corrected chi connectivity index (χ3v) is 4.26. The van der Waals surface area contributed by atoms with Crippen LogP contribution in [0.4, 0.5) is 5.69 Å².